The first kappa shape index (κ1) is 18.5. The molecule has 3 N–H and O–H groups in total. The van der Waals surface area contributed by atoms with E-state index in [1.165, 1.54) is 12.1 Å². The maximum absolute atomic E-state index is 12.2. The molecule has 1 amide bonds. The van der Waals surface area contributed by atoms with E-state index in [1.54, 1.807) is 13.0 Å². The van der Waals surface area contributed by atoms with Crippen LogP contribution in [-0.2, 0) is 16.0 Å². The number of aliphatic carboxylic acids is 1. The van der Waals surface area contributed by atoms with Gasteiger partial charge in [-0.05, 0) is 31.0 Å². The molecule has 0 aliphatic rings. The first-order valence-electron chi connectivity index (χ1n) is 8.11. The Bertz CT molecular complexity index is 855. The third-order valence-corrected chi connectivity index (χ3v) is 4.09. The van der Waals surface area contributed by atoms with E-state index in [0.29, 0.717) is 23.8 Å². The van der Waals surface area contributed by atoms with Crippen molar-refractivity contribution in [2.24, 2.45) is 0 Å². The number of unbranched alkanes of at least 4 members (excludes halogenated alkanes) is 1. The Hall–Kier alpha value is -2.83. The molecule has 7 nitrogen and oxygen atoms in total. The smallest absolute Gasteiger partial charge is 0.340 e. The summed E-state index contributed by atoms with van der Waals surface area (Å²) in [5.41, 5.74) is 0.307. The van der Waals surface area contributed by atoms with E-state index >= 15 is 0 Å². The number of hydrogen-bond acceptors (Lipinski definition) is 5. The van der Waals surface area contributed by atoms with Crippen LogP contribution in [0.1, 0.15) is 37.3 Å². The molecule has 0 aliphatic carbocycles. The summed E-state index contributed by atoms with van der Waals surface area (Å²) < 4.78 is 5.16. The van der Waals surface area contributed by atoms with Crippen molar-refractivity contribution in [2.75, 3.05) is 0 Å². The molecule has 25 heavy (non-hydrogen) atoms. The van der Waals surface area contributed by atoms with Gasteiger partial charge in [0.25, 0.3) is 0 Å². The molecule has 0 saturated heterocycles. The standard InChI is InChI=1S/C18H21NO6/c1-3-4-5-14(17(22)23)19-16(21)9-13-10(2)12-7-6-11(20)8-15(12)25-18(13)24/h6-8,14,20H,3-5,9H2,1-2H3,(H,19,21)(H,22,23)/t14-/m0/s1. The van der Waals surface area contributed by atoms with Crippen molar-refractivity contribution in [1.82, 2.24) is 5.32 Å². The number of amides is 1. The molecule has 0 saturated carbocycles. The van der Waals surface area contributed by atoms with Crippen LogP contribution < -0.4 is 10.9 Å². The van der Waals surface area contributed by atoms with Crippen LogP contribution >= 0.6 is 0 Å². The summed E-state index contributed by atoms with van der Waals surface area (Å²) in [6.45, 7) is 3.62. The second kappa shape index (κ2) is 7.83. The van der Waals surface area contributed by atoms with Crippen LogP contribution in [0.25, 0.3) is 11.0 Å². The number of benzene rings is 1. The van der Waals surface area contributed by atoms with Gasteiger partial charge < -0.3 is 19.9 Å². The molecule has 2 aromatic rings. The van der Waals surface area contributed by atoms with Crippen LogP contribution in [0, 0.1) is 6.92 Å². The minimum absolute atomic E-state index is 0.0271. The van der Waals surface area contributed by atoms with E-state index in [9.17, 15) is 24.6 Å². The molecule has 1 heterocycles. The van der Waals surface area contributed by atoms with Crippen LogP contribution in [0.4, 0.5) is 0 Å². The van der Waals surface area contributed by atoms with Gasteiger partial charge in [0, 0.05) is 11.5 Å². The molecule has 0 fully saturated rings. The van der Waals surface area contributed by atoms with E-state index in [-0.39, 0.29) is 23.3 Å². The zero-order chi connectivity index (χ0) is 18.6. The fourth-order valence-electron chi connectivity index (χ4n) is 2.66. The van der Waals surface area contributed by atoms with Crippen molar-refractivity contribution in [1.29, 1.82) is 0 Å². The molecule has 134 valence electrons. The van der Waals surface area contributed by atoms with Gasteiger partial charge in [-0.1, -0.05) is 19.8 Å². The molecule has 0 radical (unpaired) electrons. The number of phenols is 1. The van der Waals surface area contributed by atoms with Gasteiger partial charge in [0.2, 0.25) is 5.91 Å². The number of carbonyl (C=O) groups excluding carboxylic acids is 1. The maximum Gasteiger partial charge on any atom is 0.340 e. The zero-order valence-electron chi connectivity index (χ0n) is 14.2. The van der Waals surface area contributed by atoms with Gasteiger partial charge >= 0.3 is 11.6 Å². The summed E-state index contributed by atoms with van der Waals surface area (Å²) in [5.74, 6) is -1.67. The van der Waals surface area contributed by atoms with Gasteiger partial charge in [0.15, 0.2) is 0 Å². The van der Waals surface area contributed by atoms with Gasteiger partial charge in [0.05, 0.1) is 12.0 Å². The monoisotopic (exact) mass is 347 g/mol. The van der Waals surface area contributed by atoms with Gasteiger partial charge in [-0.2, -0.15) is 0 Å². The Balaban J connectivity index is 2.24. The molecule has 1 aromatic carbocycles. The van der Waals surface area contributed by atoms with E-state index in [0.717, 1.165) is 6.42 Å². The van der Waals surface area contributed by atoms with Gasteiger partial charge in [-0.15, -0.1) is 0 Å². The van der Waals surface area contributed by atoms with E-state index in [4.69, 9.17) is 4.42 Å². The number of phenolic OH excluding ortho intramolecular Hbond substituents is 1. The number of fused-ring (bicyclic) bond motifs is 1. The Morgan fingerprint density at radius 1 is 1.32 bits per heavy atom. The summed E-state index contributed by atoms with van der Waals surface area (Å²) in [6.07, 6.45) is 1.57. The minimum Gasteiger partial charge on any atom is -0.508 e. The average molecular weight is 347 g/mol. The highest BCUT2D eigenvalue weighted by Gasteiger charge is 2.21. The molecule has 2 rings (SSSR count). The molecule has 0 aliphatic heterocycles. The van der Waals surface area contributed by atoms with Crippen molar-refractivity contribution in [3.8, 4) is 5.75 Å². The molecule has 0 unspecified atom stereocenters. The highest BCUT2D eigenvalue weighted by molar-refractivity contribution is 5.87. The lowest BCUT2D eigenvalue weighted by Crippen LogP contribution is -2.42. The second-order valence-electron chi connectivity index (χ2n) is 5.95. The highest BCUT2D eigenvalue weighted by atomic mass is 16.4. The lowest BCUT2D eigenvalue weighted by atomic mass is 10.0. The quantitative estimate of drug-likeness (QED) is 0.661. The van der Waals surface area contributed by atoms with E-state index < -0.39 is 23.5 Å². The Morgan fingerprint density at radius 2 is 2.04 bits per heavy atom. The lowest BCUT2D eigenvalue weighted by molar-refractivity contribution is -0.142. The summed E-state index contributed by atoms with van der Waals surface area (Å²) in [4.78, 5) is 35.6. The Kier molecular flexibility index (Phi) is 5.80. The van der Waals surface area contributed by atoms with Crippen LogP contribution in [0.5, 0.6) is 5.75 Å². The van der Waals surface area contributed by atoms with Crippen molar-refractivity contribution in [2.45, 2.75) is 45.6 Å². The third kappa shape index (κ3) is 4.37. The normalized spacial score (nSPS) is 12.1. The van der Waals surface area contributed by atoms with Crippen molar-refractivity contribution >= 4 is 22.8 Å². The molecule has 1 atom stereocenters. The minimum atomic E-state index is -1.10. The molecular weight excluding hydrogens is 326 g/mol. The van der Waals surface area contributed by atoms with Crippen LogP contribution in [-0.4, -0.2) is 28.1 Å². The second-order valence-corrected chi connectivity index (χ2v) is 5.95. The fourth-order valence-corrected chi connectivity index (χ4v) is 2.66. The zero-order valence-corrected chi connectivity index (χ0v) is 14.2. The average Bonchev–Trinajstić information content (AvgIpc) is 2.54. The molecule has 1 aromatic heterocycles. The number of aryl methyl sites for hydroxylation is 1. The van der Waals surface area contributed by atoms with Crippen molar-refractivity contribution < 1.29 is 24.2 Å². The summed E-state index contributed by atoms with van der Waals surface area (Å²) in [5, 5.41) is 21.7. The summed E-state index contributed by atoms with van der Waals surface area (Å²) >= 11 is 0. The lowest BCUT2D eigenvalue weighted by Gasteiger charge is -2.14. The molecule has 7 heteroatoms. The predicted octanol–water partition coefficient (Wildman–Crippen LogP) is 2.11. The number of nitrogens with one attached hydrogen (secondary N) is 1. The topological polar surface area (TPSA) is 117 Å². The highest BCUT2D eigenvalue weighted by Crippen LogP contribution is 2.23. The van der Waals surface area contributed by atoms with Gasteiger partial charge in [-0.25, -0.2) is 9.59 Å². The predicted molar refractivity (Wildman–Crippen MR) is 91.7 cm³/mol. The fraction of sp³-hybridized carbons (Fsp3) is 0.389. The largest absolute Gasteiger partial charge is 0.508 e. The number of carboxylic acids is 1. The van der Waals surface area contributed by atoms with Crippen molar-refractivity contribution in [3.05, 3.63) is 39.7 Å². The van der Waals surface area contributed by atoms with Crippen LogP contribution in [0.2, 0.25) is 0 Å². The number of carbonyl (C=O) groups is 2. The van der Waals surface area contributed by atoms with E-state index in [1.807, 2.05) is 6.92 Å². The molecule has 0 spiro atoms. The van der Waals surface area contributed by atoms with Crippen molar-refractivity contribution in [3.63, 3.8) is 0 Å². The number of aromatic hydroxyl groups is 1. The Morgan fingerprint density at radius 3 is 2.68 bits per heavy atom. The summed E-state index contributed by atoms with van der Waals surface area (Å²) in [7, 11) is 0. The number of rotatable bonds is 7. The van der Waals surface area contributed by atoms with Gasteiger partial charge in [-0.3, -0.25) is 4.79 Å². The van der Waals surface area contributed by atoms with E-state index in [2.05, 4.69) is 5.32 Å². The van der Waals surface area contributed by atoms with Crippen LogP contribution in [0.15, 0.2) is 27.4 Å². The SMILES string of the molecule is CCCC[C@H](NC(=O)Cc1c(C)c2ccc(O)cc2oc1=O)C(=O)O. The van der Waals surface area contributed by atoms with Crippen LogP contribution in [0.3, 0.4) is 0 Å². The first-order valence-corrected chi connectivity index (χ1v) is 8.11. The number of hydrogen-bond donors (Lipinski definition) is 3. The number of carboxylic acid groups (broad SMARTS) is 1. The summed E-state index contributed by atoms with van der Waals surface area (Å²) in [6, 6.07) is 3.42. The van der Waals surface area contributed by atoms with Gasteiger partial charge in [0.1, 0.15) is 17.4 Å². The third-order valence-electron chi connectivity index (χ3n) is 4.09. The Labute approximate surface area is 144 Å². The maximum atomic E-state index is 12.2. The molecular formula is C18H21NO6. The molecule has 0 bridgehead atoms. The first-order chi connectivity index (χ1) is 11.8.